The molecule has 3 heterocycles. The number of halogens is 2. The van der Waals surface area contributed by atoms with Crippen LogP contribution in [0.3, 0.4) is 0 Å². The van der Waals surface area contributed by atoms with Crippen LogP contribution in [-0.4, -0.2) is 70.0 Å². The van der Waals surface area contributed by atoms with Crippen molar-refractivity contribution in [2.45, 2.75) is 38.8 Å². The minimum absolute atomic E-state index is 0. The standard InChI is InChI=1S/C21H30N6O.2ClH/c1-17-20(23-24-27(17)19-8-10-22-11-9-19)21(28)26-13-5-12-25(14-15-26)16-18-6-3-2-4-7-18;;/h2-4,6-7,19,22H,5,8-16H2,1H3;2*1H. The first-order valence-electron chi connectivity index (χ1n) is 10.4. The van der Waals surface area contributed by atoms with Gasteiger partial charge in [-0.05, 0) is 44.8 Å². The third-order valence-corrected chi connectivity index (χ3v) is 5.91. The Morgan fingerprint density at radius 1 is 1.07 bits per heavy atom. The van der Waals surface area contributed by atoms with E-state index >= 15 is 0 Å². The number of carbonyl (C=O) groups is 1. The second kappa shape index (κ2) is 11.6. The quantitative estimate of drug-likeness (QED) is 0.768. The van der Waals surface area contributed by atoms with Crippen LogP contribution in [0.25, 0.3) is 0 Å². The summed E-state index contributed by atoms with van der Waals surface area (Å²) < 4.78 is 1.97. The van der Waals surface area contributed by atoms with Gasteiger partial charge in [0.25, 0.3) is 5.91 Å². The minimum atomic E-state index is 0. The molecule has 0 unspecified atom stereocenters. The van der Waals surface area contributed by atoms with Gasteiger partial charge in [-0.25, -0.2) is 4.68 Å². The first-order chi connectivity index (χ1) is 13.7. The molecule has 2 aliphatic rings. The van der Waals surface area contributed by atoms with E-state index in [2.05, 4.69) is 44.8 Å². The number of nitrogens with zero attached hydrogens (tertiary/aromatic N) is 5. The van der Waals surface area contributed by atoms with Gasteiger partial charge in [0, 0.05) is 32.7 Å². The SMILES string of the molecule is Cc1c(C(=O)N2CCCN(Cc3ccccc3)CC2)nnn1C1CCNCC1.Cl.Cl. The highest BCUT2D eigenvalue weighted by atomic mass is 35.5. The van der Waals surface area contributed by atoms with Gasteiger partial charge in [0.15, 0.2) is 5.69 Å². The maximum absolute atomic E-state index is 13.1. The minimum Gasteiger partial charge on any atom is -0.336 e. The predicted molar refractivity (Wildman–Crippen MR) is 123 cm³/mol. The van der Waals surface area contributed by atoms with E-state index in [-0.39, 0.29) is 30.7 Å². The molecule has 1 N–H and O–H groups in total. The number of benzene rings is 1. The zero-order chi connectivity index (χ0) is 19.3. The lowest BCUT2D eigenvalue weighted by molar-refractivity contribution is 0.0754. The summed E-state index contributed by atoms with van der Waals surface area (Å²) in [4.78, 5) is 17.5. The van der Waals surface area contributed by atoms with Crippen LogP contribution in [0.1, 0.15) is 47.1 Å². The van der Waals surface area contributed by atoms with E-state index < -0.39 is 0 Å². The van der Waals surface area contributed by atoms with Gasteiger partial charge >= 0.3 is 0 Å². The van der Waals surface area contributed by atoms with Crippen molar-refractivity contribution in [1.82, 2.24) is 30.1 Å². The maximum atomic E-state index is 13.1. The molecule has 2 aliphatic heterocycles. The Bertz CT molecular complexity index is 794. The molecule has 4 rings (SSSR count). The van der Waals surface area contributed by atoms with Gasteiger partial charge in [0.1, 0.15) is 0 Å². The summed E-state index contributed by atoms with van der Waals surface area (Å²) in [5.74, 6) is 0.0271. The number of carbonyl (C=O) groups excluding carboxylic acids is 1. The molecule has 0 spiro atoms. The molecular formula is C21H32Cl2N6O. The lowest BCUT2D eigenvalue weighted by Crippen LogP contribution is -2.35. The molecule has 1 aromatic heterocycles. The fourth-order valence-electron chi connectivity index (χ4n) is 4.26. The van der Waals surface area contributed by atoms with Crippen LogP contribution in [0.2, 0.25) is 0 Å². The first kappa shape index (κ1) is 24.6. The van der Waals surface area contributed by atoms with Gasteiger partial charge in [-0.3, -0.25) is 9.69 Å². The summed E-state index contributed by atoms with van der Waals surface area (Å²) in [5, 5.41) is 12.0. The molecule has 7 nitrogen and oxygen atoms in total. The van der Waals surface area contributed by atoms with Crippen molar-refractivity contribution in [2.75, 3.05) is 39.3 Å². The number of hydrogen-bond acceptors (Lipinski definition) is 5. The van der Waals surface area contributed by atoms with Crippen LogP contribution in [0, 0.1) is 6.92 Å². The smallest absolute Gasteiger partial charge is 0.276 e. The molecule has 0 radical (unpaired) electrons. The van der Waals surface area contributed by atoms with Crippen LogP contribution >= 0.6 is 24.8 Å². The van der Waals surface area contributed by atoms with E-state index in [0.717, 1.165) is 70.8 Å². The highest BCUT2D eigenvalue weighted by molar-refractivity contribution is 5.93. The van der Waals surface area contributed by atoms with Crippen LogP contribution in [-0.2, 0) is 6.54 Å². The van der Waals surface area contributed by atoms with Crippen molar-refractivity contribution in [1.29, 1.82) is 0 Å². The Balaban J connectivity index is 0.00000160. The van der Waals surface area contributed by atoms with Crippen LogP contribution < -0.4 is 5.32 Å². The van der Waals surface area contributed by atoms with Gasteiger partial charge in [-0.2, -0.15) is 0 Å². The summed E-state index contributed by atoms with van der Waals surface area (Å²) >= 11 is 0. The maximum Gasteiger partial charge on any atom is 0.276 e. The molecule has 2 aromatic rings. The largest absolute Gasteiger partial charge is 0.336 e. The zero-order valence-corrected chi connectivity index (χ0v) is 19.1. The van der Waals surface area contributed by atoms with E-state index in [0.29, 0.717) is 11.7 Å². The lowest BCUT2D eigenvalue weighted by atomic mass is 10.1. The molecule has 0 saturated carbocycles. The molecule has 2 fully saturated rings. The van der Waals surface area contributed by atoms with Crippen LogP contribution in [0.15, 0.2) is 30.3 Å². The van der Waals surface area contributed by atoms with Gasteiger partial charge in [-0.15, -0.1) is 29.9 Å². The second-order valence-corrected chi connectivity index (χ2v) is 7.86. The molecule has 166 valence electrons. The summed E-state index contributed by atoms with van der Waals surface area (Å²) in [5.41, 5.74) is 2.75. The Kier molecular flexibility index (Phi) is 9.55. The first-order valence-corrected chi connectivity index (χ1v) is 10.4. The number of aromatic nitrogens is 3. The number of hydrogen-bond donors (Lipinski definition) is 1. The van der Waals surface area contributed by atoms with Gasteiger partial charge < -0.3 is 10.2 Å². The molecule has 9 heteroatoms. The second-order valence-electron chi connectivity index (χ2n) is 7.86. The fourth-order valence-corrected chi connectivity index (χ4v) is 4.26. The van der Waals surface area contributed by atoms with Crippen molar-refractivity contribution in [3.8, 4) is 0 Å². The fraction of sp³-hybridized carbons (Fsp3) is 0.571. The molecule has 0 bridgehead atoms. The molecule has 1 amide bonds. The van der Waals surface area contributed by atoms with Crippen molar-refractivity contribution < 1.29 is 4.79 Å². The molecule has 2 saturated heterocycles. The van der Waals surface area contributed by atoms with Crippen LogP contribution in [0.4, 0.5) is 0 Å². The monoisotopic (exact) mass is 454 g/mol. The zero-order valence-electron chi connectivity index (χ0n) is 17.5. The van der Waals surface area contributed by atoms with E-state index in [1.807, 2.05) is 22.6 Å². The van der Waals surface area contributed by atoms with E-state index in [9.17, 15) is 4.79 Å². The predicted octanol–water partition coefficient (Wildman–Crippen LogP) is 2.70. The van der Waals surface area contributed by atoms with Gasteiger partial charge in [0.2, 0.25) is 0 Å². The molecule has 1 aromatic carbocycles. The van der Waals surface area contributed by atoms with E-state index in [4.69, 9.17) is 0 Å². The summed E-state index contributed by atoms with van der Waals surface area (Å²) in [6.07, 6.45) is 3.06. The van der Waals surface area contributed by atoms with Crippen LogP contribution in [0.5, 0.6) is 0 Å². The number of amides is 1. The van der Waals surface area contributed by atoms with Crippen molar-refractivity contribution in [3.63, 3.8) is 0 Å². The highest BCUT2D eigenvalue weighted by Crippen LogP contribution is 2.21. The molecule has 0 aliphatic carbocycles. The summed E-state index contributed by atoms with van der Waals surface area (Å²) in [6.45, 7) is 8.34. The van der Waals surface area contributed by atoms with Crippen molar-refractivity contribution in [2.24, 2.45) is 0 Å². The van der Waals surface area contributed by atoms with Crippen molar-refractivity contribution >= 4 is 30.7 Å². The summed E-state index contributed by atoms with van der Waals surface area (Å²) in [7, 11) is 0. The number of nitrogens with one attached hydrogen (secondary N) is 1. The average Bonchev–Trinajstić information content (AvgIpc) is 2.96. The van der Waals surface area contributed by atoms with Gasteiger partial charge in [-0.1, -0.05) is 35.5 Å². The normalized spacial score (nSPS) is 18.2. The highest BCUT2D eigenvalue weighted by Gasteiger charge is 2.27. The summed E-state index contributed by atoms with van der Waals surface area (Å²) in [6, 6.07) is 10.9. The molecule has 0 atom stereocenters. The average molecular weight is 455 g/mol. The lowest BCUT2D eigenvalue weighted by Gasteiger charge is -2.24. The third kappa shape index (κ3) is 5.72. The van der Waals surface area contributed by atoms with Gasteiger partial charge in [0.05, 0.1) is 11.7 Å². The van der Waals surface area contributed by atoms with E-state index in [1.54, 1.807) is 0 Å². The van der Waals surface area contributed by atoms with E-state index in [1.165, 1.54) is 5.56 Å². The molecular weight excluding hydrogens is 423 g/mol. The molecule has 30 heavy (non-hydrogen) atoms. The number of piperidine rings is 1. The Hall–Kier alpha value is -1.67. The topological polar surface area (TPSA) is 66.3 Å². The van der Waals surface area contributed by atoms with Crippen molar-refractivity contribution in [3.05, 3.63) is 47.3 Å². The Morgan fingerprint density at radius 3 is 2.53 bits per heavy atom. The Labute approximate surface area is 191 Å². The number of rotatable bonds is 4. The third-order valence-electron chi connectivity index (χ3n) is 5.91. The Morgan fingerprint density at radius 2 is 1.80 bits per heavy atom.